The molecule has 4 amide bonds. The van der Waals surface area contributed by atoms with Crippen LogP contribution in [0.1, 0.15) is 77.6 Å². The minimum absolute atomic E-state index is 0.0438. The molecule has 170 valence electrons. The fourth-order valence-corrected chi connectivity index (χ4v) is 4.23. The maximum atomic E-state index is 12.3. The van der Waals surface area contributed by atoms with Crippen LogP contribution in [0.5, 0.6) is 0 Å². The Balaban J connectivity index is 1.57. The number of rotatable bonds is 9. The number of carboxylic acids is 1. The van der Waals surface area contributed by atoms with E-state index < -0.39 is 5.97 Å². The van der Waals surface area contributed by atoms with E-state index in [0.29, 0.717) is 5.92 Å². The van der Waals surface area contributed by atoms with Crippen LogP contribution in [0.15, 0.2) is 0 Å². The van der Waals surface area contributed by atoms with Gasteiger partial charge in [-0.15, -0.1) is 0 Å². The molecule has 0 aromatic carbocycles. The molecule has 5 N–H and O–H groups in total. The van der Waals surface area contributed by atoms with E-state index in [1.54, 1.807) is 0 Å². The highest BCUT2D eigenvalue weighted by Crippen LogP contribution is 2.24. The van der Waals surface area contributed by atoms with Gasteiger partial charge in [-0.05, 0) is 44.4 Å². The first-order valence-electron chi connectivity index (χ1n) is 11.2. The summed E-state index contributed by atoms with van der Waals surface area (Å²) < 4.78 is 0. The van der Waals surface area contributed by atoms with Gasteiger partial charge in [-0.3, -0.25) is 14.4 Å². The second kappa shape index (κ2) is 12.4. The third kappa shape index (κ3) is 9.00. The lowest BCUT2D eigenvalue weighted by Crippen LogP contribution is -2.50. The predicted molar refractivity (Wildman–Crippen MR) is 112 cm³/mol. The number of amides is 4. The van der Waals surface area contributed by atoms with E-state index in [0.717, 1.165) is 32.1 Å². The molecule has 0 aliphatic heterocycles. The van der Waals surface area contributed by atoms with E-state index in [2.05, 4.69) is 28.2 Å². The zero-order valence-electron chi connectivity index (χ0n) is 17.9. The second-order valence-electron chi connectivity index (χ2n) is 8.60. The second-order valence-corrected chi connectivity index (χ2v) is 8.60. The molecule has 2 atom stereocenters. The number of aliphatic carboxylic acids is 1. The van der Waals surface area contributed by atoms with Crippen molar-refractivity contribution in [3.8, 4) is 0 Å². The minimum atomic E-state index is -0.973. The van der Waals surface area contributed by atoms with Gasteiger partial charge in [0.2, 0.25) is 11.8 Å². The Hall–Kier alpha value is -2.32. The number of urea groups is 1. The number of nitrogens with one attached hydrogen (secondary N) is 4. The van der Waals surface area contributed by atoms with E-state index >= 15 is 0 Å². The van der Waals surface area contributed by atoms with Gasteiger partial charge in [-0.25, -0.2) is 4.79 Å². The molecule has 9 heteroatoms. The van der Waals surface area contributed by atoms with Crippen molar-refractivity contribution in [1.82, 2.24) is 21.3 Å². The van der Waals surface area contributed by atoms with Crippen molar-refractivity contribution in [2.24, 2.45) is 5.92 Å². The largest absolute Gasteiger partial charge is 0.481 e. The molecule has 0 saturated heterocycles. The van der Waals surface area contributed by atoms with Gasteiger partial charge in [0.15, 0.2) is 0 Å². The Labute approximate surface area is 178 Å². The van der Waals surface area contributed by atoms with Crippen molar-refractivity contribution in [2.75, 3.05) is 6.54 Å². The van der Waals surface area contributed by atoms with Crippen LogP contribution < -0.4 is 21.3 Å². The third-order valence-electron chi connectivity index (χ3n) is 6.10. The highest BCUT2D eigenvalue weighted by molar-refractivity contribution is 5.84. The van der Waals surface area contributed by atoms with Crippen LogP contribution in [0.2, 0.25) is 0 Å². The van der Waals surface area contributed by atoms with E-state index in [-0.39, 0.29) is 61.8 Å². The van der Waals surface area contributed by atoms with Gasteiger partial charge in [-0.1, -0.05) is 19.8 Å². The lowest BCUT2D eigenvalue weighted by molar-refractivity contribution is -0.137. The fraction of sp³-hybridized carbons (Fsp3) is 0.810. The maximum absolute atomic E-state index is 12.3. The summed E-state index contributed by atoms with van der Waals surface area (Å²) in [5.74, 6) is -0.949. The predicted octanol–water partition coefficient (Wildman–Crippen LogP) is 1.66. The monoisotopic (exact) mass is 424 g/mol. The first-order chi connectivity index (χ1) is 14.3. The quantitative estimate of drug-likeness (QED) is 0.383. The summed E-state index contributed by atoms with van der Waals surface area (Å²) in [6.45, 7) is 2.26. The zero-order valence-corrected chi connectivity index (χ0v) is 17.9. The molecule has 0 heterocycles. The van der Waals surface area contributed by atoms with Crippen molar-refractivity contribution >= 4 is 23.8 Å². The minimum Gasteiger partial charge on any atom is -0.481 e. The summed E-state index contributed by atoms with van der Waals surface area (Å²) >= 11 is 0. The van der Waals surface area contributed by atoms with Crippen LogP contribution in [-0.2, 0) is 14.4 Å². The Bertz CT molecular complexity index is 604. The van der Waals surface area contributed by atoms with Crippen molar-refractivity contribution in [2.45, 2.75) is 95.7 Å². The Kier molecular flexibility index (Phi) is 9.89. The van der Waals surface area contributed by atoms with Gasteiger partial charge in [0, 0.05) is 37.5 Å². The number of carboxylic acid groups (broad SMARTS) is 1. The Morgan fingerprint density at radius 3 is 2.00 bits per heavy atom. The van der Waals surface area contributed by atoms with Crippen molar-refractivity contribution < 1.29 is 24.3 Å². The van der Waals surface area contributed by atoms with Gasteiger partial charge >= 0.3 is 12.0 Å². The average molecular weight is 425 g/mol. The molecule has 0 bridgehead atoms. The molecule has 2 saturated carbocycles. The number of hydrogen-bond donors (Lipinski definition) is 5. The molecule has 0 aromatic heterocycles. The van der Waals surface area contributed by atoms with Gasteiger partial charge in [0.1, 0.15) is 0 Å². The smallest absolute Gasteiger partial charge is 0.315 e. The Morgan fingerprint density at radius 2 is 1.37 bits per heavy atom. The van der Waals surface area contributed by atoms with Crippen LogP contribution in [0, 0.1) is 5.92 Å². The number of carbonyl (C=O) groups is 4. The number of carbonyl (C=O) groups excluding carboxylic acids is 3. The van der Waals surface area contributed by atoms with Crippen molar-refractivity contribution in [3.63, 3.8) is 0 Å². The molecule has 2 aliphatic carbocycles. The van der Waals surface area contributed by atoms with Crippen LogP contribution in [0.4, 0.5) is 4.79 Å². The van der Waals surface area contributed by atoms with Crippen molar-refractivity contribution in [3.05, 3.63) is 0 Å². The fourth-order valence-electron chi connectivity index (χ4n) is 4.23. The van der Waals surface area contributed by atoms with Crippen LogP contribution in [0.25, 0.3) is 0 Å². The number of hydrogen-bond acceptors (Lipinski definition) is 4. The van der Waals surface area contributed by atoms with E-state index in [1.165, 1.54) is 19.3 Å². The summed E-state index contributed by atoms with van der Waals surface area (Å²) in [6, 6.07) is 0.356. The Morgan fingerprint density at radius 1 is 0.767 bits per heavy atom. The van der Waals surface area contributed by atoms with E-state index in [9.17, 15) is 19.2 Å². The SMILES string of the molecule is CC1CCCCC1NC(=O)NC1CCC(NC(=O)CCC(=O)NCCC(=O)O)CC1. The van der Waals surface area contributed by atoms with Crippen LogP contribution >= 0.6 is 0 Å². The molecule has 0 spiro atoms. The van der Waals surface area contributed by atoms with Crippen LogP contribution in [-0.4, -0.2) is 53.6 Å². The van der Waals surface area contributed by atoms with Gasteiger partial charge in [0.05, 0.1) is 6.42 Å². The maximum Gasteiger partial charge on any atom is 0.315 e. The van der Waals surface area contributed by atoms with Crippen molar-refractivity contribution in [1.29, 1.82) is 0 Å². The van der Waals surface area contributed by atoms with Crippen LogP contribution in [0.3, 0.4) is 0 Å². The molecule has 30 heavy (non-hydrogen) atoms. The zero-order chi connectivity index (χ0) is 21.9. The molecule has 0 radical (unpaired) electrons. The molecule has 9 nitrogen and oxygen atoms in total. The summed E-state index contributed by atoms with van der Waals surface area (Å²) in [5, 5.41) is 20.2. The molecular weight excluding hydrogens is 388 g/mol. The summed E-state index contributed by atoms with van der Waals surface area (Å²) in [6.07, 6.45) is 7.83. The van der Waals surface area contributed by atoms with Gasteiger partial charge in [-0.2, -0.15) is 0 Å². The van der Waals surface area contributed by atoms with Gasteiger partial charge < -0.3 is 26.4 Å². The lowest BCUT2D eigenvalue weighted by atomic mass is 9.86. The molecular formula is C21H36N4O5. The molecule has 2 rings (SSSR count). The van der Waals surface area contributed by atoms with E-state index in [1.807, 2.05) is 0 Å². The average Bonchev–Trinajstić information content (AvgIpc) is 2.69. The molecule has 2 aliphatic rings. The first-order valence-corrected chi connectivity index (χ1v) is 11.2. The summed E-state index contributed by atoms with van der Waals surface area (Å²) in [4.78, 5) is 46.3. The van der Waals surface area contributed by atoms with Gasteiger partial charge in [0.25, 0.3) is 0 Å². The summed E-state index contributed by atoms with van der Waals surface area (Å²) in [5.41, 5.74) is 0. The highest BCUT2D eigenvalue weighted by Gasteiger charge is 2.26. The standard InChI is InChI=1S/C21H36N4O5/c1-14-4-2-3-5-17(14)25-21(30)24-16-8-6-15(7-9-16)23-19(27)11-10-18(26)22-13-12-20(28)29/h14-17H,2-13H2,1H3,(H,22,26)(H,23,27)(H,28,29)(H2,24,25,30). The topological polar surface area (TPSA) is 137 Å². The molecule has 0 aromatic rings. The molecule has 2 fully saturated rings. The lowest BCUT2D eigenvalue weighted by Gasteiger charge is -2.32. The highest BCUT2D eigenvalue weighted by atomic mass is 16.4. The first kappa shape index (κ1) is 24.0. The summed E-state index contributed by atoms with van der Waals surface area (Å²) in [7, 11) is 0. The normalized spacial score (nSPS) is 26.3. The third-order valence-corrected chi connectivity index (χ3v) is 6.10. The van der Waals surface area contributed by atoms with E-state index in [4.69, 9.17) is 5.11 Å². The molecule has 2 unspecified atom stereocenters.